The van der Waals surface area contributed by atoms with Crippen molar-refractivity contribution in [1.82, 2.24) is 0 Å². The van der Waals surface area contributed by atoms with Crippen molar-refractivity contribution in [2.24, 2.45) is 0 Å². The Kier molecular flexibility index (Phi) is 5.52. The lowest BCUT2D eigenvalue weighted by Gasteiger charge is -2.20. The summed E-state index contributed by atoms with van der Waals surface area (Å²) in [5.41, 5.74) is 1.27. The Morgan fingerprint density at radius 3 is 2.17 bits per heavy atom. The first kappa shape index (κ1) is 20.4. The number of anilines is 1. The summed E-state index contributed by atoms with van der Waals surface area (Å²) in [7, 11) is 0. The van der Waals surface area contributed by atoms with E-state index in [0.29, 0.717) is 11.1 Å². The third-order valence-electron chi connectivity index (χ3n) is 4.56. The Labute approximate surface area is 186 Å². The molecule has 0 aromatic heterocycles. The van der Waals surface area contributed by atoms with Gasteiger partial charge in [-0.25, -0.2) is 0 Å². The van der Waals surface area contributed by atoms with E-state index in [4.69, 9.17) is 39.5 Å². The summed E-state index contributed by atoms with van der Waals surface area (Å²) in [6, 6.07) is 14.1. The van der Waals surface area contributed by atoms with Gasteiger partial charge in [0, 0.05) is 22.8 Å². The number of benzene rings is 3. The minimum Gasteiger partial charge on any atom is -0.482 e. The summed E-state index contributed by atoms with van der Waals surface area (Å²) in [5.74, 6) is -0.944. The molecule has 0 saturated heterocycles. The topological polar surface area (TPSA) is 72.5 Å². The Morgan fingerprint density at radius 2 is 1.43 bits per heavy atom. The number of hydrogen-bond donors (Lipinski definition) is 1. The molecule has 1 N–H and O–H groups in total. The average molecular weight is 461 g/mol. The molecule has 0 fully saturated rings. The van der Waals surface area contributed by atoms with Crippen LogP contribution >= 0.6 is 34.8 Å². The van der Waals surface area contributed by atoms with Crippen molar-refractivity contribution in [3.05, 3.63) is 91.9 Å². The third kappa shape index (κ3) is 3.67. The van der Waals surface area contributed by atoms with E-state index in [1.54, 1.807) is 42.5 Å². The van der Waals surface area contributed by atoms with E-state index in [9.17, 15) is 14.4 Å². The highest BCUT2D eigenvalue weighted by Gasteiger charge is 2.31. The lowest BCUT2D eigenvalue weighted by Crippen LogP contribution is -2.26. The van der Waals surface area contributed by atoms with Crippen molar-refractivity contribution >= 4 is 58.0 Å². The molecule has 3 aromatic carbocycles. The molecular formula is C22H12Cl3NO4. The summed E-state index contributed by atoms with van der Waals surface area (Å²) in [6.45, 7) is -0.389. The van der Waals surface area contributed by atoms with Gasteiger partial charge in [-0.3, -0.25) is 14.4 Å². The smallest absolute Gasteiger partial charge is 0.262 e. The number of carbonyl (C=O) groups is 3. The van der Waals surface area contributed by atoms with Gasteiger partial charge < -0.3 is 10.1 Å². The molecule has 0 heterocycles. The number of rotatable bonds is 4. The van der Waals surface area contributed by atoms with E-state index in [2.05, 4.69) is 5.32 Å². The van der Waals surface area contributed by atoms with Gasteiger partial charge in [0.2, 0.25) is 0 Å². The van der Waals surface area contributed by atoms with E-state index < -0.39 is 5.91 Å². The highest BCUT2D eigenvalue weighted by atomic mass is 35.5. The number of amides is 1. The van der Waals surface area contributed by atoms with Crippen LogP contribution in [-0.4, -0.2) is 24.1 Å². The maximum Gasteiger partial charge on any atom is 0.262 e. The molecule has 3 aromatic rings. The number of carbonyl (C=O) groups excluding carboxylic acids is 3. The largest absolute Gasteiger partial charge is 0.482 e. The van der Waals surface area contributed by atoms with Crippen LogP contribution in [0, 0.1) is 0 Å². The molecule has 0 saturated carbocycles. The molecule has 30 heavy (non-hydrogen) atoms. The van der Waals surface area contributed by atoms with Gasteiger partial charge >= 0.3 is 0 Å². The van der Waals surface area contributed by atoms with Crippen molar-refractivity contribution in [2.75, 3.05) is 11.9 Å². The summed E-state index contributed by atoms with van der Waals surface area (Å²) < 4.78 is 5.42. The van der Waals surface area contributed by atoms with Crippen molar-refractivity contribution in [2.45, 2.75) is 0 Å². The predicted octanol–water partition coefficient (Wildman–Crippen LogP) is 5.44. The molecule has 5 nitrogen and oxygen atoms in total. The molecule has 0 bridgehead atoms. The lowest BCUT2D eigenvalue weighted by atomic mass is 9.83. The molecule has 150 valence electrons. The molecule has 8 heteroatoms. The number of fused-ring (bicyclic) bond motifs is 2. The first-order valence-corrected chi connectivity index (χ1v) is 9.89. The zero-order chi connectivity index (χ0) is 21.4. The van der Waals surface area contributed by atoms with E-state index in [1.165, 1.54) is 12.1 Å². The molecule has 1 aliphatic carbocycles. The van der Waals surface area contributed by atoms with Gasteiger partial charge in [-0.05, 0) is 12.1 Å². The van der Waals surface area contributed by atoms with Gasteiger partial charge in [0.05, 0.1) is 26.3 Å². The molecule has 1 aliphatic rings. The van der Waals surface area contributed by atoms with Crippen LogP contribution in [0.25, 0.3) is 0 Å². The first-order chi connectivity index (χ1) is 14.4. The molecule has 0 unspecified atom stereocenters. The quantitative estimate of drug-likeness (QED) is 0.412. The summed E-state index contributed by atoms with van der Waals surface area (Å²) in [5, 5.41) is 3.32. The Hall–Kier alpha value is -2.86. The van der Waals surface area contributed by atoms with Crippen LogP contribution in [0.3, 0.4) is 0 Å². The van der Waals surface area contributed by atoms with Crippen LogP contribution in [-0.2, 0) is 4.79 Å². The summed E-state index contributed by atoms with van der Waals surface area (Å²) in [6.07, 6.45) is 0. The van der Waals surface area contributed by atoms with Crippen LogP contribution in [0.5, 0.6) is 5.75 Å². The van der Waals surface area contributed by atoms with Crippen LogP contribution < -0.4 is 10.1 Å². The molecule has 0 atom stereocenters. The van der Waals surface area contributed by atoms with Crippen LogP contribution in [0.4, 0.5) is 5.69 Å². The van der Waals surface area contributed by atoms with E-state index in [-0.39, 0.29) is 55.8 Å². The third-order valence-corrected chi connectivity index (χ3v) is 5.58. The first-order valence-electron chi connectivity index (χ1n) is 8.75. The fourth-order valence-electron chi connectivity index (χ4n) is 3.19. The molecule has 0 radical (unpaired) electrons. The van der Waals surface area contributed by atoms with Crippen LogP contribution in [0.15, 0.2) is 54.6 Å². The van der Waals surface area contributed by atoms with E-state index >= 15 is 0 Å². The van der Waals surface area contributed by atoms with Gasteiger partial charge in [0.1, 0.15) is 5.75 Å². The molecule has 4 rings (SSSR count). The second-order valence-corrected chi connectivity index (χ2v) is 7.69. The molecule has 0 spiro atoms. The van der Waals surface area contributed by atoms with Crippen molar-refractivity contribution in [3.63, 3.8) is 0 Å². The Morgan fingerprint density at radius 1 is 0.800 bits per heavy atom. The van der Waals surface area contributed by atoms with Crippen molar-refractivity contribution < 1.29 is 19.1 Å². The van der Waals surface area contributed by atoms with E-state index in [0.717, 1.165) is 0 Å². The highest BCUT2D eigenvalue weighted by Crippen LogP contribution is 2.34. The standard InChI is InChI=1S/C22H12Cl3NO4/c23-14-8-16(25)18(9-15(14)24)30-10-19(27)26-17-7-3-6-13-20(17)22(29)12-5-2-1-4-11(12)21(13)28/h1-9H,10H2,(H,26,27). The lowest BCUT2D eigenvalue weighted by molar-refractivity contribution is -0.118. The maximum absolute atomic E-state index is 13.0. The number of nitrogens with one attached hydrogen (secondary N) is 1. The van der Waals surface area contributed by atoms with Gasteiger partial charge in [0.15, 0.2) is 18.2 Å². The molecule has 1 amide bonds. The summed E-state index contributed by atoms with van der Waals surface area (Å²) >= 11 is 17.9. The van der Waals surface area contributed by atoms with Gasteiger partial charge in [-0.2, -0.15) is 0 Å². The second-order valence-electron chi connectivity index (χ2n) is 6.47. The number of halogens is 3. The summed E-state index contributed by atoms with van der Waals surface area (Å²) in [4.78, 5) is 38.2. The monoisotopic (exact) mass is 459 g/mol. The number of ketones is 2. The minimum atomic E-state index is -0.537. The van der Waals surface area contributed by atoms with Crippen molar-refractivity contribution in [3.8, 4) is 5.75 Å². The van der Waals surface area contributed by atoms with Crippen LogP contribution in [0.2, 0.25) is 15.1 Å². The molecule has 0 aliphatic heterocycles. The predicted molar refractivity (Wildman–Crippen MR) is 115 cm³/mol. The number of hydrogen-bond acceptors (Lipinski definition) is 4. The van der Waals surface area contributed by atoms with Crippen LogP contribution in [0.1, 0.15) is 31.8 Å². The van der Waals surface area contributed by atoms with Gasteiger partial charge in [0.25, 0.3) is 5.91 Å². The SMILES string of the molecule is O=C(COc1cc(Cl)c(Cl)cc1Cl)Nc1cccc2c1C(=O)c1ccccc1C2=O. The normalized spacial score (nSPS) is 12.2. The Bertz CT molecular complexity index is 1220. The zero-order valence-corrected chi connectivity index (χ0v) is 17.4. The van der Waals surface area contributed by atoms with Gasteiger partial charge in [-0.15, -0.1) is 0 Å². The minimum absolute atomic E-state index is 0.155. The van der Waals surface area contributed by atoms with Crippen molar-refractivity contribution in [1.29, 1.82) is 0 Å². The average Bonchev–Trinajstić information content (AvgIpc) is 2.73. The van der Waals surface area contributed by atoms with Gasteiger partial charge in [-0.1, -0.05) is 71.2 Å². The fourth-order valence-corrected chi connectivity index (χ4v) is 3.79. The molecular weight excluding hydrogens is 449 g/mol. The highest BCUT2D eigenvalue weighted by molar-refractivity contribution is 6.43. The zero-order valence-electron chi connectivity index (χ0n) is 15.2. The maximum atomic E-state index is 13.0. The van der Waals surface area contributed by atoms with E-state index in [1.807, 2.05) is 0 Å². The Balaban J connectivity index is 1.57. The number of ether oxygens (including phenoxy) is 1. The fraction of sp³-hybridized carbons (Fsp3) is 0.0455. The second kappa shape index (κ2) is 8.11.